The zero-order valence-electron chi connectivity index (χ0n) is 8.52. The summed E-state index contributed by atoms with van der Waals surface area (Å²) >= 11 is 5.90. The van der Waals surface area contributed by atoms with Gasteiger partial charge in [-0.2, -0.15) is 0 Å². The molecule has 0 amide bonds. The van der Waals surface area contributed by atoms with E-state index in [9.17, 15) is 4.39 Å². The molecule has 3 rings (SSSR count). The molecule has 3 aromatic rings. The number of para-hydroxylation sites is 1. The molecule has 84 valence electrons. The quantitative estimate of drug-likeness (QED) is 0.659. The van der Waals surface area contributed by atoms with Crippen molar-refractivity contribution in [3.63, 3.8) is 0 Å². The van der Waals surface area contributed by atoms with E-state index in [-0.39, 0.29) is 10.7 Å². The molecule has 0 bridgehead atoms. The van der Waals surface area contributed by atoms with Crippen molar-refractivity contribution in [3.8, 4) is 11.5 Å². The summed E-state index contributed by atoms with van der Waals surface area (Å²) in [4.78, 5) is 7.96. The van der Waals surface area contributed by atoms with Gasteiger partial charge in [0.15, 0.2) is 22.3 Å². The second-order valence-electron chi connectivity index (χ2n) is 3.46. The minimum atomic E-state index is -0.409. The molecule has 0 fully saturated rings. The van der Waals surface area contributed by atoms with Crippen LogP contribution in [0.25, 0.3) is 22.4 Å². The van der Waals surface area contributed by atoms with Gasteiger partial charge in [0.1, 0.15) is 5.69 Å². The molecule has 0 saturated heterocycles. The molecule has 2 heterocycles. The molecule has 0 aliphatic carbocycles. The van der Waals surface area contributed by atoms with Crippen LogP contribution in [0.1, 0.15) is 0 Å². The summed E-state index contributed by atoms with van der Waals surface area (Å²) in [6, 6.07) is 6.41. The lowest BCUT2D eigenvalue weighted by atomic mass is 10.2. The molecule has 0 spiro atoms. The van der Waals surface area contributed by atoms with Gasteiger partial charge in [-0.25, -0.2) is 14.4 Å². The summed E-state index contributed by atoms with van der Waals surface area (Å²) < 4.78 is 18.9. The van der Waals surface area contributed by atoms with Crippen LogP contribution in [0.15, 0.2) is 41.1 Å². The zero-order chi connectivity index (χ0) is 11.8. The number of furan rings is 1. The minimum absolute atomic E-state index is 0.198. The molecule has 0 aliphatic heterocycles. The third kappa shape index (κ3) is 1.66. The van der Waals surface area contributed by atoms with Gasteiger partial charge in [-0.3, -0.25) is 0 Å². The molecule has 0 saturated carbocycles. The van der Waals surface area contributed by atoms with Gasteiger partial charge in [-0.05, 0) is 12.1 Å². The number of nitrogens with zero attached hydrogens (tertiary/aromatic N) is 2. The summed E-state index contributed by atoms with van der Waals surface area (Å²) in [7, 11) is 0. The van der Waals surface area contributed by atoms with Gasteiger partial charge in [-0.1, -0.05) is 23.7 Å². The number of rotatable bonds is 1. The molecule has 3 nitrogen and oxygen atoms in total. The van der Waals surface area contributed by atoms with Crippen LogP contribution in [-0.4, -0.2) is 9.97 Å². The number of hydrogen-bond acceptors (Lipinski definition) is 3. The van der Waals surface area contributed by atoms with Gasteiger partial charge in [-0.15, -0.1) is 0 Å². The standard InChI is InChI=1S/C12H6ClFN2O/c13-12-10(15-4-5-16-12)9-6-7-2-1-3-8(14)11(7)17-9/h1-6H. The fraction of sp³-hybridized carbons (Fsp3) is 0. The van der Waals surface area contributed by atoms with E-state index in [4.69, 9.17) is 16.0 Å². The van der Waals surface area contributed by atoms with Crippen molar-refractivity contribution in [1.29, 1.82) is 0 Å². The van der Waals surface area contributed by atoms with Gasteiger partial charge in [0.05, 0.1) is 0 Å². The Labute approximate surface area is 101 Å². The highest BCUT2D eigenvalue weighted by Gasteiger charge is 2.13. The summed E-state index contributed by atoms with van der Waals surface area (Å²) in [6.45, 7) is 0. The molecule has 0 N–H and O–H groups in total. The van der Waals surface area contributed by atoms with E-state index in [1.165, 1.54) is 18.5 Å². The normalized spacial score (nSPS) is 10.9. The van der Waals surface area contributed by atoms with Crippen LogP contribution in [0.5, 0.6) is 0 Å². The van der Waals surface area contributed by atoms with E-state index < -0.39 is 5.82 Å². The van der Waals surface area contributed by atoms with Crippen LogP contribution in [0.3, 0.4) is 0 Å². The molecule has 2 aromatic heterocycles. The Morgan fingerprint density at radius 2 is 2.00 bits per heavy atom. The average Bonchev–Trinajstić information content (AvgIpc) is 2.75. The highest BCUT2D eigenvalue weighted by Crippen LogP contribution is 2.30. The average molecular weight is 249 g/mol. The fourth-order valence-corrected chi connectivity index (χ4v) is 1.83. The van der Waals surface area contributed by atoms with Crippen molar-refractivity contribution in [3.05, 3.63) is 47.6 Å². The lowest BCUT2D eigenvalue weighted by Crippen LogP contribution is -1.84. The molecule has 1 aromatic carbocycles. The Morgan fingerprint density at radius 3 is 2.76 bits per heavy atom. The second-order valence-corrected chi connectivity index (χ2v) is 3.82. The SMILES string of the molecule is Fc1cccc2cc(-c3nccnc3Cl)oc12. The number of fused-ring (bicyclic) bond motifs is 1. The van der Waals surface area contributed by atoms with Gasteiger partial charge in [0, 0.05) is 17.8 Å². The zero-order valence-corrected chi connectivity index (χ0v) is 9.28. The third-order valence-electron chi connectivity index (χ3n) is 2.38. The summed E-state index contributed by atoms with van der Waals surface area (Å²) in [5.41, 5.74) is 0.606. The van der Waals surface area contributed by atoms with Crippen LogP contribution < -0.4 is 0 Å². The highest BCUT2D eigenvalue weighted by molar-refractivity contribution is 6.31. The van der Waals surface area contributed by atoms with Crippen molar-refractivity contribution >= 4 is 22.6 Å². The van der Waals surface area contributed by atoms with Crippen LogP contribution >= 0.6 is 11.6 Å². The molecule has 5 heteroatoms. The van der Waals surface area contributed by atoms with Crippen molar-refractivity contribution in [2.45, 2.75) is 0 Å². The first-order chi connectivity index (χ1) is 8.25. The molecule has 0 unspecified atom stereocenters. The highest BCUT2D eigenvalue weighted by atomic mass is 35.5. The second kappa shape index (κ2) is 3.82. The fourth-order valence-electron chi connectivity index (χ4n) is 1.63. The van der Waals surface area contributed by atoms with E-state index >= 15 is 0 Å². The number of benzene rings is 1. The van der Waals surface area contributed by atoms with Crippen molar-refractivity contribution in [2.75, 3.05) is 0 Å². The maximum atomic E-state index is 13.5. The van der Waals surface area contributed by atoms with Crippen LogP contribution in [-0.2, 0) is 0 Å². The summed E-state index contributed by atoms with van der Waals surface area (Å²) in [5, 5.41) is 0.897. The lowest BCUT2D eigenvalue weighted by Gasteiger charge is -1.96. The number of aromatic nitrogens is 2. The van der Waals surface area contributed by atoms with Crippen molar-refractivity contribution in [2.24, 2.45) is 0 Å². The van der Waals surface area contributed by atoms with Gasteiger partial charge >= 0.3 is 0 Å². The first-order valence-electron chi connectivity index (χ1n) is 4.90. The first-order valence-corrected chi connectivity index (χ1v) is 5.28. The van der Waals surface area contributed by atoms with E-state index in [1.54, 1.807) is 18.2 Å². The van der Waals surface area contributed by atoms with E-state index in [2.05, 4.69) is 9.97 Å². The Kier molecular flexibility index (Phi) is 2.30. The Bertz CT molecular complexity index is 696. The topological polar surface area (TPSA) is 38.9 Å². The van der Waals surface area contributed by atoms with Crippen molar-refractivity contribution < 1.29 is 8.81 Å². The third-order valence-corrected chi connectivity index (χ3v) is 2.66. The van der Waals surface area contributed by atoms with E-state index in [0.717, 1.165) is 0 Å². The summed E-state index contributed by atoms with van der Waals surface area (Å²) in [6.07, 6.45) is 2.99. The Hall–Kier alpha value is -1.94. The van der Waals surface area contributed by atoms with Crippen LogP contribution in [0.2, 0.25) is 5.15 Å². The van der Waals surface area contributed by atoms with Crippen molar-refractivity contribution in [1.82, 2.24) is 9.97 Å². The van der Waals surface area contributed by atoms with Gasteiger partial charge in [0.2, 0.25) is 0 Å². The van der Waals surface area contributed by atoms with E-state index in [0.29, 0.717) is 16.8 Å². The smallest absolute Gasteiger partial charge is 0.170 e. The summed E-state index contributed by atoms with van der Waals surface area (Å²) in [5.74, 6) is -0.00281. The van der Waals surface area contributed by atoms with Crippen LogP contribution in [0.4, 0.5) is 4.39 Å². The molecule has 0 atom stereocenters. The largest absolute Gasteiger partial charge is 0.451 e. The minimum Gasteiger partial charge on any atom is -0.451 e. The molecular weight excluding hydrogens is 243 g/mol. The molecular formula is C12H6ClFN2O. The van der Waals surface area contributed by atoms with Gasteiger partial charge < -0.3 is 4.42 Å². The lowest BCUT2D eigenvalue weighted by molar-refractivity contribution is 0.567. The Morgan fingerprint density at radius 1 is 1.18 bits per heavy atom. The maximum absolute atomic E-state index is 13.5. The van der Waals surface area contributed by atoms with Gasteiger partial charge in [0.25, 0.3) is 0 Å². The maximum Gasteiger partial charge on any atom is 0.170 e. The number of halogens is 2. The Balaban J connectivity index is 2.26. The number of hydrogen-bond donors (Lipinski definition) is 0. The van der Waals surface area contributed by atoms with Crippen LogP contribution in [0, 0.1) is 5.82 Å². The monoisotopic (exact) mass is 248 g/mol. The molecule has 0 aliphatic rings. The molecule has 17 heavy (non-hydrogen) atoms. The van der Waals surface area contributed by atoms with E-state index in [1.807, 2.05) is 0 Å². The molecule has 0 radical (unpaired) electrons. The first kappa shape index (κ1) is 10.2. The predicted octanol–water partition coefficient (Wildman–Crippen LogP) is 3.68. The predicted molar refractivity (Wildman–Crippen MR) is 62.2 cm³/mol.